The van der Waals surface area contributed by atoms with Gasteiger partial charge < -0.3 is 19.3 Å². The van der Waals surface area contributed by atoms with Gasteiger partial charge in [-0.3, -0.25) is 0 Å². The van der Waals surface area contributed by atoms with Gasteiger partial charge in [-0.1, -0.05) is 23.4 Å². The van der Waals surface area contributed by atoms with E-state index in [-0.39, 0.29) is 22.9 Å². The summed E-state index contributed by atoms with van der Waals surface area (Å²) in [5, 5.41) is 22.6. The van der Waals surface area contributed by atoms with Gasteiger partial charge in [-0.25, -0.2) is 12.7 Å². The Hall–Kier alpha value is -1.88. The highest BCUT2D eigenvalue weighted by Gasteiger charge is 2.33. The molecule has 23 heavy (non-hydrogen) atoms. The molecule has 0 aliphatic rings. The Morgan fingerprint density at radius 1 is 1.30 bits per heavy atom. The van der Waals surface area contributed by atoms with Gasteiger partial charge in [0.2, 0.25) is 0 Å². The van der Waals surface area contributed by atoms with Crippen LogP contribution in [0.25, 0.3) is 0 Å². The summed E-state index contributed by atoms with van der Waals surface area (Å²) in [6, 6.07) is 5.61. The number of aryl methyl sites for hydroxylation is 1. The SMILES string of the molecule is COCN(c1noc(C)c1C)S(=O)(=O)c1ccccc1B(O)O. The number of nitrogens with zero attached hydrogens (tertiary/aromatic N) is 2. The molecule has 0 amide bonds. The summed E-state index contributed by atoms with van der Waals surface area (Å²) < 4.78 is 36.8. The molecule has 1 heterocycles. The van der Waals surface area contributed by atoms with E-state index in [9.17, 15) is 18.5 Å². The second kappa shape index (κ2) is 6.71. The number of methoxy groups -OCH3 is 1. The van der Waals surface area contributed by atoms with E-state index < -0.39 is 17.1 Å². The van der Waals surface area contributed by atoms with E-state index in [1.54, 1.807) is 13.8 Å². The number of rotatable bonds is 6. The zero-order valence-electron chi connectivity index (χ0n) is 12.9. The van der Waals surface area contributed by atoms with E-state index in [4.69, 9.17) is 9.26 Å². The summed E-state index contributed by atoms with van der Waals surface area (Å²) in [5.41, 5.74) is 0.416. The summed E-state index contributed by atoms with van der Waals surface area (Å²) in [4.78, 5) is -0.243. The molecule has 8 nitrogen and oxygen atoms in total. The van der Waals surface area contributed by atoms with Gasteiger partial charge in [0.25, 0.3) is 10.0 Å². The van der Waals surface area contributed by atoms with Crippen LogP contribution in [0.5, 0.6) is 0 Å². The molecule has 124 valence electrons. The summed E-state index contributed by atoms with van der Waals surface area (Å²) in [6.45, 7) is 3.03. The molecule has 0 fully saturated rings. The summed E-state index contributed by atoms with van der Waals surface area (Å²) >= 11 is 0. The first-order chi connectivity index (χ1) is 10.8. The first-order valence-corrected chi connectivity index (χ1v) is 8.14. The minimum atomic E-state index is -4.14. The van der Waals surface area contributed by atoms with Crippen molar-refractivity contribution in [2.45, 2.75) is 18.7 Å². The van der Waals surface area contributed by atoms with E-state index in [1.807, 2.05) is 0 Å². The molecular weight excluding hydrogens is 323 g/mol. The molecule has 1 aromatic carbocycles. The number of sulfonamides is 1. The van der Waals surface area contributed by atoms with E-state index in [0.29, 0.717) is 11.3 Å². The second-order valence-electron chi connectivity index (χ2n) is 4.87. The van der Waals surface area contributed by atoms with E-state index in [2.05, 4.69) is 5.16 Å². The van der Waals surface area contributed by atoms with Crippen LogP contribution in [-0.2, 0) is 14.8 Å². The lowest BCUT2D eigenvalue weighted by atomic mass is 9.80. The molecule has 0 aliphatic heterocycles. The first-order valence-electron chi connectivity index (χ1n) is 6.70. The van der Waals surface area contributed by atoms with Crippen molar-refractivity contribution >= 4 is 28.4 Å². The maximum absolute atomic E-state index is 13.0. The zero-order chi connectivity index (χ0) is 17.2. The smallest absolute Gasteiger partial charge is 0.423 e. The quantitative estimate of drug-likeness (QED) is 0.552. The van der Waals surface area contributed by atoms with E-state index >= 15 is 0 Å². The average Bonchev–Trinajstić information content (AvgIpc) is 2.84. The van der Waals surface area contributed by atoms with Crippen LogP contribution in [-0.4, -0.2) is 44.6 Å². The third-order valence-corrected chi connectivity index (χ3v) is 5.17. The Morgan fingerprint density at radius 3 is 2.48 bits per heavy atom. The molecule has 0 atom stereocenters. The van der Waals surface area contributed by atoms with Crippen LogP contribution in [0.2, 0.25) is 0 Å². The topological polar surface area (TPSA) is 113 Å². The Kier molecular flexibility index (Phi) is 5.10. The molecule has 0 unspecified atom stereocenters. The van der Waals surface area contributed by atoms with Crippen molar-refractivity contribution in [1.82, 2.24) is 5.16 Å². The van der Waals surface area contributed by atoms with Crippen molar-refractivity contribution in [2.75, 3.05) is 18.1 Å². The fourth-order valence-electron chi connectivity index (χ4n) is 2.05. The molecule has 2 rings (SSSR count). The minimum absolute atomic E-state index is 0.0894. The number of aromatic nitrogens is 1. The van der Waals surface area contributed by atoms with Gasteiger partial charge in [0.1, 0.15) is 12.5 Å². The van der Waals surface area contributed by atoms with Crippen molar-refractivity contribution in [1.29, 1.82) is 0 Å². The fourth-order valence-corrected chi connectivity index (χ4v) is 3.65. The number of ether oxygens (including phenoxy) is 1. The zero-order valence-corrected chi connectivity index (χ0v) is 13.7. The van der Waals surface area contributed by atoms with Gasteiger partial charge in [-0.15, -0.1) is 0 Å². The van der Waals surface area contributed by atoms with Crippen LogP contribution in [0.4, 0.5) is 5.82 Å². The molecule has 2 N–H and O–H groups in total. The predicted octanol–water partition coefficient (Wildman–Crippen LogP) is -0.230. The molecule has 2 aromatic rings. The lowest BCUT2D eigenvalue weighted by Crippen LogP contribution is -2.40. The van der Waals surface area contributed by atoms with Crippen LogP contribution in [0.15, 0.2) is 33.7 Å². The van der Waals surface area contributed by atoms with E-state index in [0.717, 1.165) is 4.31 Å². The van der Waals surface area contributed by atoms with Crippen LogP contribution < -0.4 is 9.77 Å². The number of benzene rings is 1. The van der Waals surface area contributed by atoms with Gasteiger partial charge in [0, 0.05) is 18.1 Å². The third kappa shape index (κ3) is 3.25. The van der Waals surface area contributed by atoms with Gasteiger partial charge in [-0.05, 0) is 19.9 Å². The molecule has 1 aromatic heterocycles. The fraction of sp³-hybridized carbons (Fsp3) is 0.308. The second-order valence-corrected chi connectivity index (χ2v) is 6.70. The molecule has 0 spiro atoms. The first kappa shape index (κ1) is 17.5. The van der Waals surface area contributed by atoms with Crippen molar-refractivity contribution in [3.05, 3.63) is 35.6 Å². The summed E-state index contributed by atoms with van der Waals surface area (Å²) in [7, 11) is -4.72. The molecular formula is C13H17BN2O6S. The maximum Gasteiger partial charge on any atom is 0.489 e. The van der Waals surface area contributed by atoms with Crippen LogP contribution in [0.3, 0.4) is 0 Å². The molecule has 0 bridgehead atoms. The highest BCUT2D eigenvalue weighted by Crippen LogP contribution is 2.26. The molecule has 0 saturated carbocycles. The average molecular weight is 340 g/mol. The third-order valence-electron chi connectivity index (χ3n) is 3.38. The minimum Gasteiger partial charge on any atom is -0.423 e. The number of hydrogen-bond acceptors (Lipinski definition) is 7. The van der Waals surface area contributed by atoms with Crippen LogP contribution >= 0.6 is 0 Å². The van der Waals surface area contributed by atoms with Crippen molar-refractivity contribution in [3.63, 3.8) is 0 Å². The van der Waals surface area contributed by atoms with Crippen LogP contribution in [0, 0.1) is 13.8 Å². The highest BCUT2D eigenvalue weighted by molar-refractivity contribution is 7.93. The Balaban J connectivity index is 2.61. The van der Waals surface area contributed by atoms with Crippen molar-refractivity contribution in [3.8, 4) is 0 Å². The van der Waals surface area contributed by atoms with Gasteiger partial charge in [-0.2, -0.15) is 0 Å². The normalized spacial score (nSPS) is 11.5. The standard InChI is InChI=1S/C13H17BN2O6S/c1-9-10(2)22-15-13(9)16(8-21-3)23(19,20)12-7-5-4-6-11(12)14(17)18/h4-7,17-18H,8H2,1-3H3. The summed E-state index contributed by atoms with van der Waals surface area (Å²) in [5.74, 6) is 0.568. The Bertz CT molecular complexity index is 790. The number of hydrogen-bond donors (Lipinski definition) is 2. The Labute approximate surface area is 134 Å². The Morgan fingerprint density at radius 2 is 1.96 bits per heavy atom. The summed E-state index contributed by atoms with van der Waals surface area (Å²) in [6.07, 6.45) is 0. The molecule has 10 heteroatoms. The molecule has 0 saturated heterocycles. The van der Waals surface area contributed by atoms with Crippen LogP contribution in [0.1, 0.15) is 11.3 Å². The monoisotopic (exact) mass is 340 g/mol. The largest absolute Gasteiger partial charge is 0.489 e. The predicted molar refractivity (Wildman–Crippen MR) is 83.8 cm³/mol. The highest BCUT2D eigenvalue weighted by atomic mass is 32.2. The maximum atomic E-state index is 13.0. The lowest BCUT2D eigenvalue weighted by Gasteiger charge is -2.22. The lowest BCUT2D eigenvalue weighted by molar-refractivity contribution is 0.208. The molecule has 0 aliphatic carbocycles. The van der Waals surface area contributed by atoms with Gasteiger partial charge in [0.15, 0.2) is 5.82 Å². The van der Waals surface area contributed by atoms with Gasteiger partial charge in [0.05, 0.1) is 4.90 Å². The molecule has 0 radical (unpaired) electrons. The van der Waals surface area contributed by atoms with E-state index in [1.165, 1.54) is 31.4 Å². The van der Waals surface area contributed by atoms with Crippen molar-refractivity contribution in [2.24, 2.45) is 0 Å². The van der Waals surface area contributed by atoms with Crippen molar-refractivity contribution < 1.29 is 27.7 Å². The number of anilines is 1. The van der Waals surface area contributed by atoms with Gasteiger partial charge >= 0.3 is 7.12 Å².